The second-order valence-corrected chi connectivity index (χ2v) is 5.71. The van der Waals surface area contributed by atoms with E-state index in [4.69, 9.17) is 5.11 Å². The summed E-state index contributed by atoms with van der Waals surface area (Å²) in [5.41, 5.74) is 0.933. The third-order valence-electron chi connectivity index (χ3n) is 4.31. The van der Waals surface area contributed by atoms with Crippen molar-refractivity contribution in [2.45, 2.75) is 25.7 Å². The van der Waals surface area contributed by atoms with E-state index in [1.807, 2.05) is 0 Å². The SMILES string of the molecule is O=C(O)c1cccc(C(=O)NCC2(C3CC3)CC2)c1. The normalized spacial score (nSPS) is 19.8. The maximum absolute atomic E-state index is 12.0. The zero-order valence-electron chi connectivity index (χ0n) is 10.7. The smallest absolute Gasteiger partial charge is 0.335 e. The summed E-state index contributed by atoms with van der Waals surface area (Å²) >= 11 is 0. The highest BCUT2D eigenvalue weighted by Gasteiger charge is 2.53. The first kappa shape index (κ1) is 12.2. The Labute approximate surface area is 111 Å². The molecule has 0 radical (unpaired) electrons. The fraction of sp³-hybridized carbons (Fsp3) is 0.467. The number of hydrogen-bond donors (Lipinski definition) is 2. The van der Waals surface area contributed by atoms with Crippen molar-refractivity contribution in [1.82, 2.24) is 5.32 Å². The van der Waals surface area contributed by atoms with Crippen LogP contribution in [0.5, 0.6) is 0 Å². The van der Waals surface area contributed by atoms with E-state index in [9.17, 15) is 9.59 Å². The van der Waals surface area contributed by atoms with Crippen LogP contribution in [0.3, 0.4) is 0 Å². The molecule has 19 heavy (non-hydrogen) atoms. The third kappa shape index (κ3) is 2.48. The van der Waals surface area contributed by atoms with Crippen molar-refractivity contribution >= 4 is 11.9 Å². The minimum atomic E-state index is -1.01. The number of benzene rings is 1. The van der Waals surface area contributed by atoms with Crippen molar-refractivity contribution in [3.8, 4) is 0 Å². The van der Waals surface area contributed by atoms with Crippen LogP contribution in [-0.2, 0) is 0 Å². The number of carboxylic acids is 1. The van der Waals surface area contributed by atoms with Crippen LogP contribution in [0.15, 0.2) is 24.3 Å². The zero-order chi connectivity index (χ0) is 13.5. The maximum Gasteiger partial charge on any atom is 0.335 e. The van der Waals surface area contributed by atoms with E-state index in [2.05, 4.69) is 5.32 Å². The molecule has 100 valence electrons. The highest BCUT2D eigenvalue weighted by atomic mass is 16.4. The van der Waals surface area contributed by atoms with Gasteiger partial charge in [0, 0.05) is 12.1 Å². The van der Waals surface area contributed by atoms with Gasteiger partial charge in [-0.25, -0.2) is 4.79 Å². The molecule has 1 aromatic rings. The Morgan fingerprint density at radius 3 is 2.53 bits per heavy atom. The molecule has 4 nitrogen and oxygen atoms in total. The lowest BCUT2D eigenvalue weighted by Gasteiger charge is -2.15. The molecule has 2 aliphatic rings. The fourth-order valence-corrected chi connectivity index (χ4v) is 2.74. The van der Waals surface area contributed by atoms with Gasteiger partial charge in [0.2, 0.25) is 0 Å². The first-order chi connectivity index (χ1) is 9.11. The lowest BCUT2D eigenvalue weighted by molar-refractivity contribution is 0.0697. The number of aromatic carboxylic acids is 1. The summed E-state index contributed by atoms with van der Waals surface area (Å²) < 4.78 is 0. The van der Waals surface area contributed by atoms with Crippen LogP contribution in [0.1, 0.15) is 46.4 Å². The van der Waals surface area contributed by atoms with Crippen molar-refractivity contribution in [2.75, 3.05) is 6.54 Å². The van der Waals surface area contributed by atoms with Crippen molar-refractivity contribution in [2.24, 2.45) is 11.3 Å². The number of amides is 1. The monoisotopic (exact) mass is 259 g/mol. The molecule has 0 unspecified atom stereocenters. The largest absolute Gasteiger partial charge is 0.478 e. The lowest BCUT2D eigenvalue weighted by Crippen LogP contribution is -2.31. The average Bonchev–Trinajstić information content (AvgIpc) is 3.28. The molecule has 2 aliphatic carbocycles. The van der Waals surface area contributed by atoms with Gasteiger partial charge < -0.3 is 10.4 Å². The van der Waals surface area contributed by atoms with Crippen molar-refractivity contribution in [1.29, 1.82) is 0 Å². The molecule has 0 bridgehead atoms. The average molecular weight is 259 g/mol. The Balaban J connectivity index is 1.63. The van der Waals surface area contributed by atoms with E-state index in [0.29, 0.717) is 11.0 Å². The number of hydrogen-bond acceptors (Lipinski definition) is 2. The predicted molar refractivity (Wildman–Crippen MR) is 70.1 cm³/mol. The maximum atomic E-state index is 12.0. The molecule has 0 aromatic heterocycles. The van der Waals surface area contributed by atoms with Crippen molar-refractivity contribution in [3.05, 3.63) is 35.4 Å². The summed E-state index contributed by atoms with van der Waals surface area (Å²) in [4.78, 5) is 22.9. The van der Waals surface area contributed by atoms with Gasteiger partial charge in [0.25, 0.3) is 5.91 Å². The molecule has 0 atom stereocenters. The molecule has 3 rings (SSSR count). The van der Waals surface area contributed by atoms with Crippen LogP contribution >= 0.6 is 0 Å². The molecule has 1 amide bonds. The molecule has 2 saturated carbocycles. The quantitative estimate of drug-likeness (QED) is 0.852. The van der Waals surface area contributed by atoms with E-state index >= 15 is 0 Å². The fourth-order valence-electron chi connectivity index (χ4n) is 2.74. The number of nitrogens with one attached hydrogen (secondary N) is 1. The van der Waals surface area contributed by atoms with Crippen LogP contribution in [0.25, 0.3) is 0 Å². The molecule has 0 saturated heterocycles. The number of rotatable bonds is 5. The Kier molecular flexibility index (Phi) is 2.81. The lowest BCUT2D eigenvalue weighted by atomic mass is 10.0. The third-order valence-corrected chi connectivity index (χ3v) is 4.31. The zero-order valence-corrected chi connectivity index (χ0v) is 10.7. The molecule has 2 N–H and O–H groups in total. The minimum absolute atomic E-state index is 0.149. The molecule has 0 aliphatic heterocycles. The van der Waals surface area contributed by atoms with Crippen LogP contribution in [0.2, 0.25) is 0 Å². The van der Waals surface area contributed by atoms with Gasteiger partial charge >= 0.3 is 5.97 Å². The highest BCUT2D eigenvalue weighted by molar-refractivity contribution is 5.97. The van der Waals surface area contributed by atoms with Crippen LogP contribution in [-0.4, -0.2) is 23.5 Å². The van der Waals surface area contributed by atoms with Gasteiger partial charge in [0.05, 0.1) is 5.56 Å². The van der Waals surface area contributed by atoms with E-state index in [-0.39, 0.29) is 11.5 Å². The summed E-state index contributed by atoms with van der Waals surface area (Å²) in [7, 11) is 0. The Bertz CT molecular complexity index is 530. The highest BCUT2D eigenvalue weighted by Crippen LogP contribution is 2.60. The van der Waals surface area contributed by atoms with E-state index in [1.165, 1.54) is 37.8 Å². The van der Waals surface area contributed by atoms with Crippen molar-refractivity contribution in [3.63, 3.8) is 0 Å². The minimum Gasteiger partial charge on any atom is -0.478 e. The number of carboxylic acid groups (broad SMARTS) is 1. The van der Waals surface area contributed by atoms with Gasteiger partial charge in [-0.3, -0.25) is 4.79 Å². The second kappa shape index (κ2) is 4.37. The van der Waals surface area contributed by atoms with Gasteiger partial charge in [-0.05, 0) is 55.2 Å². The summed E-state index contributed by atoms with van der Waals surface area (Å²) in [5, 5.41) is 11.9. The first-order valence-electron chi connectivity index (χ1n) is 6.72. The Morgan fingerprint density at radius 1 is 1.26 bits per heavy atom. The molecule has 1 aromatic carbocycles. The molecule has 0 spiro atoms. The summed E-state index contributed by atoms with van der Waals surface area (Å²) in [5.74, 6) is -0.375. The van der Waals surface area contributed by atoms with Gasteiger partial charge in [-0.2, -0.15) is 0 Å². The van der Waals surface area contributed by atoms with E-state index in [0.717, 1.165) is 12.5 Å². The first-order valence-corrected chi connectivity index (χ1v) is 6.72. The van der Waals surface area contributed by atoms with Crippen molar-refractivity contribution < 1.29 is 14.7 Å². The molecular weight excluding hydrogens is 242 g/mol. The summed E-state index contributed by atoms with van der Waals surface area (Å²) in [6.07, 6.45) is 5.02. The van der Waals surface area contributed by atoms with Gasteiger partial charge in [-0.15, -0.1) is 0 Å². The van der Waals surface area contributed by atoms with E-state index in [1.54, 1.807) is 12.1 Å². The molecule has 0 heterocycles. The second-order valence-electron chi connectivity index (χ2n) is 5.71. The molecular formula is C15H17NO3. The summed E-state index contributed by atoms with van der Waals surface area (Å²) in [6, 6.07) is 6.17. The van der Waals surface area contributed by atoms with Crippen LogP contribution < -0.4 is 5.32 Å². The topological polar surface area (TPSA) is 66.4 Å². The van der Waals surface area contributed by atoms with Gasteiger partial charge in [0.15, 0.2) is 0 Å². The Hall–Kier alpha value is -1.84. The molecule has 4 heteroatoms. The Morgan fingerprint density at radius 2 is 1.95 bits per heavy atom. The molecule has 2 fully saturated rings. The van der Waals surface area contributed by atoms with Crippen LogP contribution in [0, 0.1) is 11.3 Å². The van der Waals surface area contributed by atoms with E-state index < -0.39 is 5.97 Å². The number of carbonyl (C=O) groups is 2. The van der Waals surface area contributed by atoms with Gasteiger partial charge in [0.1, 0.15) is 0 Å². The predicted octanol–water partition coefficient (Wildman–Crippen LogP) is 2.30. The van der Waals surface area contributed by atoms with Crippen LogP contribution in [0.4, 0.5) is 0 Å². The summed E-state index contributed by atoms with van der Waals surface area (Å²) in [6.45, 7) is 0.730. The standard InChI is InChI=1S/C15H17NO3/c17-13(10-2-1-3-11(8-10)14(18)19)16-9-15(6-7-15)12-4-5-12/h1-3,8,12H,4-7,9H2,(H,16,17)(H,18,19). The van der Waals surface area contributed by atoms with Gasteiger partial charge in [-0.1, -0.05) is 6.07 Å². The number of carbonyl (C=O) groups excluding carboxylic acids is 1.